The van der Waals surface area contributed by atoms with Crippen LogP contribution in [-0.2, 0) is 15.1 Å². The maximum absolute atomic E-state index is 12.9. The molecular weight excluding hydrogens is 330 g/mol. The molecule has 0 radical (unpaired) electrons. The molecule has 0 saturated heterocycles. The van der Waals surface area contributed by atoms with Crippen molar-refractivity contribution in [1.82, 2.24) is 10.2 Å². The Balaban J connectivity index is 1.86. The summed E-state index contributed by atoms with van der Waals surface area (Å²) >= 11 is 0. The predicted octanol–water partition coefficient (Wildman–Crippen LogP) is 2.94. The fraction of sp³-hybridized carbons (Fsp3) is 0.150. The first kappa shape index (κ1) is 17.6. The Morgan fingerprint density at radius 2 is 1.85 bits per heavy atom. The van der Waals surface area contributed by atoms with E-state index in [2.05, 4.69) is 15.5 Å². The van der Waals surface area contributed by atoms with Crippen molar-refractivity contribution in [3.05, 3.63) is 82.6 Å². The van der Waals surface area contributed by atoms with E-state index in [1.54, 1.807) is 25.1 Å². The van der Waals surface area contributed by atoms with Crippen molar-refractivity contribution < 1.29 is 9.53 Å². The summed E-state index contributed by atoms with van der Waals surface area (Å²) in [6.45, 7) is 1.73. The SMILES string of the molecule is COC(C)(C(=O)Nc1cccc(-c2ccc(=O)[nH]n2)c1)c1ccccc1. The second-order valence-corrected chi connectivity index (χ2v) is 5.94. The number of rotatable bonds is 5. The number of hydrogen-bond donors (Lipinski definition) is 2. The van der Waals surface area contributed by atoms with Crippen molar-refractivity contribution in [2.24, 2.45) is 0 Å². The minimum atomic E-state index is -1.12. The summed E-state index contributed by atoms with van der Waals surface area (Å²) in [4.78, 5) is 24.0. The number of methoxy groups -OCH3 is 1. The molecule has 0 aliphatic rings. The number of hydrogen-bond acceptors (Lipinski definition) is 4. The molecule has 6 nitrogen and oxygen atoms in total. The number of carbonyl (C=O) groups excluding carboxylic acids is 1. The molecule has 2 aromatic carbocycles. The van der Waals surface area contributed by atoms with Gasteiger partial charge < -0.3 is 10.1 Å². The van der Waals surface area contributed by atoms with Crippen molar-refractivity contribution in [2.75, 3.05) is 12.4 Å². The third-order valence-corrected chi connectivity index (χ3v) is 4.26. The molecule has 2 N–H and O–H groups in total. The molecule has 0 aliphatic carbocycles. The Labute approximate surface area is 150 Å². The van der Waals surface area contributed by atoms with E-state index in [-0.39, 0.29) is 11.5 Å². The summed E-state index contributed by atoms with van der Waals surface area (Å²) < 4.78 is 5.52. The Morgan fingerprint density at radius 3 is 2.50 bits per heavy atom. The lowest BCUT2D eigenvalue weighted by Gasteiger charge is -2.27. The van der Waals surface area contributed by atoms with Crippen molar-refractivity contribution >= 4 is 11.6 Å². The van der Waals surface area contributed by atoms with Gasteiger partial charge in [-0.1, -0.05) is 42.5 Å². The van der Waals surface area contributed by atoms with Crippen molar-refractivity contribution in [2.45, 2.75) is 12.5 Å². The van der Waals surface area contributed by atoms with Gasteiger partial charge in [-0.15, -0.1) is 0 Å². The molecule has 26 heavy (non-hydrogen) atoms. The maximum atomic E-state index is 12.9. The van der Waals surface area contributed by atoms with Crippen LogP contribution in [0.3, 0.4) is 0 Å². The molecule has 0 spiro atoms. The zero-order chi connectivity index (χ0) is 18.6. The molecule has 1 atom stereocenters. The Hall–Kier alpha value is -3.25. The average Bonchev–Trinajstić information content (AvgIpc) is 2.68. The highest BCUT2D eigenvalue weighted by Gasteiger charge is 2.35. The van der Waals surface area contributed by atoms with Gasteiger partial charge in [-0.2, -0.15) is 5.10 Å². The first-order valence-electron chi connectivity index (χ1n) is 8.11. The fourth-order valence-corrected chi connectivity index (χ4v) is 2.61. The van der Waals surface area contributed by atoms with Crippen molar-refractivity contribution in [3.63, 3.8) is 0 Å². The van der Waals surface area contributed by atoms with Gasteiger partial charge in [-0.05, 0) is 30.7 Å². The van der Waals surface area contributed by atoms with Crippen molar-refractivity contribution in [1.29, 1.82) is 0 Å². The van der Waals surface area contributed by atoms with Gasteiger partial charge in [0.25, 0.3) is 11.5 Å². The van der Waals surface area contributed by atoms with Gasteiger partial charge in [0.15, 0.2) is 5.60 Å². The summed E-state index contributed by atoms with van der Waals surface area (Å²) in [5, 5.41) is 9.30. The third-order valence-electron chi connectivity index (χ3n) is 4.26. The van der Waals surface area contributed by atoms with Gasteiger partial charge in [-0.25, -0.2) is 5.10 Å². The molecule has 0 bridgehead atoms. The van der Waals surface area contributed by atoms with Crippen LogP contribution in [0.4, 0.5) is 5.69 Å². The van der Waals surface area contributed by atoms with Crippen LogP contribution in [0.2, 0.25) is 0 Å². The van der Waals surface area contributed by atoms with Crippen LogP contribution in [0.5, 0.6) is 0 Å². The number of carbonyl (C=O) groups is 1. The van der Waals surface area contributed by atoms with Gasteiger partial charge in [-0.3, -0.25) is 9.59 Å². The van der Waals surface area contributed by atoms with Crippen LogP contribution >= 0.6 is 0 Å². The highest BCUT2D eigenvalue weighted by molar-refractivity contribution is 5.98. The standard InChI is InChI=1S/C20H19N3O3/c1-20(26-2,15-8-4-3-5-9-15)19(25)21-16-10-6-7-14(13-16)17-11-12-18(24)23-22-17/h3-13H,1-2H3,(H,21,25)(H,23,24). The summed E-state index contributed by atoms with van der Waals surface area (Å²) in [5.74, 6) is -0.280. The second-order valence-electron chi connectivity index (χ2n) is 5.94. The van der Waals surface area contributed by atoms with Gasteiger partial charge in [0.05, 0.1) is 5.69 Å². The number of aromatic nitrogens is 2. The topological polar surface area (TPSA) is 84.1 Å². The lowest BCUT2D eigenvalue weighted by atomic mass is 9.94. The monoisotopic (exact) mass is 349 g/mol. The zero-order valence-electron chi connectivity index (χ0n) is 14.5. The highest BCUT2D eigenvalue weighted by Crippen LogP contribution is 2.27. The summed E-state index contributed by atoms with van der Waals surface area (Å²) in [5.41, 5.74) is 1.37. The van der Waals surface area contributed by atoms with E-state index in [0.717, 1.165) is 11.1 Å². The molecule has 1 aromatic heterocycles. The Bertz CT molecular complexity index is 949. The first-order valence-corrected chi connectivity index (χ1v) is 8.11. The smallest absolute Gasteiger partial charge is 0.264 e. The zero-order valence-corrected chi connectivity index (χ0v) is 14.5. The van der Waals surface area contributed by atoms with Crippen LogP contribution in [-0.4, -0.2) is 23.2 Å². The quantitative estimate of drug-likeness (QED) is 0.742. The van der Waals surface area contributed by atoms with E-state index >= 15 is 0 Å². The van der Waals surface area contributed by atoms with Gasteiger partial charge >= 0.3 is 0 Å². The van der Waals surface area contributed by atoms with E-state index < -0.39 is 5.60 Å². The highest BCUT2D eigenvalue weighted by atomic mass is 16.5. The largest absolute Gasteiger partial charge is 0.364 e. The number of H-pyrrole nitrogens is 1. The summed E-state index contributed by atoms with van der Waals surface area (Å²) in [6, 6.07) is 19.6. The van der Waals surface area contributed by atoms with E-state index in [9.17, 15) is 9.59 Å². The Morgan fingerprint density at radius 1 is 1.08 bits per heavy atom. The molecule has 6 heteroatoms. The number of anilines is 1. The number of nitrogens with zero attached hydrogens (tertiary/aromatic N) is 1. The molecule has 1 unspecified atom stereocenters. The summed E-state index contributed by atoms with van der Waals surface area (Å²) in [6.07, 6.45) is 0. The Kier molecular flexibility index (Phi) is 4.95. The molecule has 3 rings (SSSR count). The molecule has 0 aliphatic heterocycles. The van der Waals surface area contributed by atoms with Gasteiger partial charge in [0.1, 0.15) is 0 Å². The lowest BCUT2D eigenvalue weighted by Crippen LogP contribution is -2.39. The number of amides is 1. The summed E-state index contributed by atoms with van der Waals surface area (Å²) in [7, 11) is 1.51. The third kappa shape index (κ3) is 3.55. The fourth-order valence-electron chi connectivity index (χ4n) is 2.61. The minimum absolute atomic E-state index is 0.267. The molecule has 0 fully saturated rings. The molecule has 1 amide bonds. The van der Waals surface area contributed by atoms with Crippen LogP contribution < -0.4 is 10.9 Å². The molecule has 3 aromatic rings. The number of benzene rings is 2. The maximum Gasteiger partial charge on any atom is 0.264 e. The normalized spacial score (nSPS) is 13.0. The average molecular weight is 349 g/mol. The predicted molar refractivity (Wildman–Crippen MR) is 99.7 cm³/mol. The number of nitrogens with one attached hydrogen (secondary N) is 2. The van der Waals surface area contributed by atoms with E-state index in [1.165, 1.54) is 13.2 Å². The minimum Gasteiger partial charge on any atom is -0.364 e. The molecule has 1 heterocycles. The first-order chi connectivity index (χ1) is 12.5. The van der Waals surface area contributed by atoms with Crippen LogP contribution in [0.25, 0.3) is 11.3 Å². The van der Waals surface area contributed by atoms with E-state index in [0.29, 0.717) is 11.4 Å². The van der Waals surface area contributed by atoms with Crippen LogP contribution in [0.1, 0.15) is 12.5 Å². The van der Waals surface area contributed by atoms with E-state index in [4.69, 9.17) is 4.74 Å². The molecule has 132 valence electrons. The van der Waals surface area contributed by atoms with Gasteiger partial charge in [0, 0.05) is 24.4 Å². The lowest BCUT2D eigenvalue weighted by molar-refractivity contribution is -0.136. The number of ether oxygens (including phenoxy) is 1. The van der Waals surface area contributed by atoms with Gasteiger partial charge in [0.2, 0.25) is 0 Å². The van der Waals surface area contributed by atoms with E-state index in [1.807, 2.05) is 42.5 Å². The molecular formula is C20H19N3O3. The van der Waals surface area contributed by atoms with Crippen LogP contribution in [0.15, 0.2) is 71.5 Å². The van der Waals surface area contributed by atoms with Crippen LogP contribution in [0, 0.1) is 0 Å². The second kappa shape index (κ2) is 7.33. The van der Waals surface area contributed by atoms with Crippen molar-refractivity contribution in [3.8, 4) is 11.3 Å². The number of aromatic amines is 1. The molecule has 0 saturated carbocycles.